The van der Waals surface area contributed by atoms with E-state index in [-0.39, 0.29) is 11.1 Å². The topological polar surface area (TPSA) is 88.5 Å². The lowest BCUT2D eigenvalue weighted by Gasteiger charge is -2.07. The lowest BCUT2D eigenvalue weighted by atomic mass is 10.1. The van der Waals surface area contributed by atoms with Crippen molar-refractivity contribution in [1.82, 2.24) is 4.98 Å². The molecule has 0 saturated carbocycles. The average molecular weight is 272 g/mol. The number of rotatable bonds is 4. The van der Waals surface area contributed by atoms with Crippen LogP contribution in [-0.2, 0) is 0 Å². The molecule has 102 valence electrons. The number of pyridine rings is 1. The number of hydrogen-bond acceptors (Lipinski definition) is 4. The summed E-state index contributed by atoms with van der Waals surface area (Å²) in [5.41, 5.74) is 0.498. The first-order valence-corrected chi connectivity index (χ1v) is 5.75. The Morgan fingerprint density at radius 1 is 1.15 bits per heavy atom. The summed E-state index contributed by atoms with van der Waals surface area (Å²) >= 11 is 0. The van der Waals surface area contributed by atoms with Crippen molar-refractivity contribution in [3.05, 3.63) is 53.7 Å². The minimum atomic E-state index is -1.15. The van der Waals surface area contributed by atoms with Crippen molar-refractivity contribution >= 4 is 17.6 Å². The zero-order chi connectivity index (χ0) is 14.5. The van der Waals surface area contributed by atoms with Gasteiger partial charge in [-0.2, -0.15) is 0 Å². The van der Waals surface area contributed by atoms with Gasteiger partial charge in [-0.05, 0) is 18.2 Å². The fourth-order valence-corrected chi connectivity index (χ4v) is 1.64. The third-order valence-corrected chi connectivity index (χ3v) is 2.61. The van der Waals surface area contributed by atoms with Crippen LogP contribution in [0.4, 0.5) is 5.69 Å². The second-order valence-corrected chi connectivity index (χ2v) is 3.89. The fraction of sp³-hybridized carbons (Fsp3) is 0.0714. The Morgan fingerprint density at radius 3 is 2.40 bits per heavy atom. The molecule has 0 spiro atoms. The molecule has 2 aromatic rings. The predicted molar refractivity (Wildman–Crippen MR) is 72.1 cm³/mol. The number of carbonyl (C=O) groups excluding carboxylic acids is 1. The number of aromatic carboxylic acids is 1. The standard InChI is InChI=1S/C14H12N2O4/c1-20-12-7-6-9(8-15-12)16-13(17)10-4-2-3-5-11(10)14(18)19/h2-8H,1H3,(H,16,17)(H,18,19). The van der Waals surface area contributed by atoms with Crippen LogP contribution in [0.2, 0.25) is 0 Å². The summed E-state index contributed by atoms with van der Waals surface area (Å²) < 4.78 is 4.91. The lowest BCUT2D eigenvalue weighted by Crippen LogP contribution is -2.16. The van der Waals surface area contributed by atoms with Gasteiger partial charge < -0.3 is 15.2 Å². The van der Waals surface area contributed by atoms with Gasteiger partial charge in [-0.1, -0.05) is 12.1 Å². The van der Waals surface area contributed by atoms with Gasteiger partial charge in [-0.3, -0.25) is 4.79 Å². The largest absolute Gasteiger partial charge is 0.481 e. The van der Waals surface area contributed by atoms with E-state index in [9.17, 15) is 9.59 Å². The average Bonchev–Trinajstić information content (AvgIpc) is 2.48. The number of methoxy groups -OCH3 is 1. The van der Waals surface area contributed by atoms with Crippen molar-refractivity contribution in [3.8, 4) is 5.88 Å². The molecule has 2 N–H and O–H groups in total. The Labute approximate surface area is 115 Å². The molecular formula is C14H12N2O4. The van der Waals surface area contributed by atoms with Crippen molar-refractivity contribution < 1.29 is 19.4 Å². The van der Waals surface area contributed by atoms with Crippen LogP contribution in [-0.4, -0.2) is 29.1 Å². The first-order valence-electron chi connectivity index (χ1n) is 5.75. The molecule has 1 aromatic carbocycles. The monoisotopic (exact) mass is 272 g/mol. The molecule has 0 radical (unpaired) electrons. The summed E-state index contributed by atoms with van der Waals surface area (Å²) in [6.07, 6.45) is 1.43. The smallest absolute Gasteiger partial charge is 0.336 e. The van der Waals surface area contributed by atoms with Gasteiger partial charge in [0.1, 0.15) is 0 Å². The Bertz CT molecular complexity index is 638. The van der Waals surface area contributed by atoms with Crippen LogP contribution in [0.25, 0.3) is 0 Å². The molecule has 0 unspecified atom stereocenters. The number of carbonyl (C=O) groups is 2. The van der Waals surface area contributed by atoms with Gasteiger partial charge in [-0.15, -0.1) is 0 Å². The number of benzene rings is 1. The number of nitrogens with one attached hydrogen (secondary N) is 1. The highest BCUT2D eigenvalue weighted by atomic mass is 16.5. The highest BCUT2D eigenvalue weighted by molar-refractivity contribution is 6.10. The number of carboxylic acids is 1. The highest BCUT2D eigenvalue weighted by Gasteiger charge is 2.15. The molecule has 0 saturated heterocycles. The van der Waals surface area contributed by atoms with Gasteiger partial charge in [-0.25, -0.2) is 9.78 Å². The summed E-state index contributed by atoms with van der Waals surface area (Å²) in [7, 11) is 1.49. The maximum Gasteiger partial charge on any atom is 0.336 e. The van der Waals surface area contributed by atoms with Crippen molar-refractivity contribution in [1.29, 1.82) is 0 Å². The molecule has 6 nitrogen and oxygen atoms in total. The van der Waals surface area contributed by atoms with Crippen LogP contribution in [0, 0.1) is 0 Å². The van der Waals surface area contributed by atoms with Crippen LogP contribution in [0.5, 0.6) is 5.88 Å². The maximum absolute atomic E-state index is 12.1. The summed E-state index contributed by atoms with van der Waals surface area (Å²) in [4.78, 5) is 27.1. The summed E-state index contributed by atoms with van der Waals surface area (Å²) in [6.45, 7) is 0. The predicted octanol–water partition coefficient (Wildman–Crippen LogP) is 2.04. The molecule has 6 heteroatoms. The minimum absolute atomic E-state index is 0.0496. The number of hydrogen-bond donors (Lipinski definition) is 2. The lowest BCUT2D eigenvalue weighted by molar-refractivity contribution is 0.0692. The third-order valence-electron chi connectivity index (χ3n) is 2.61. The van der Waals surface area contributed by atoms with E-state index in [2.05, 4.69) is 10.3 Å². The van der Waals surface area contributed by atoms with Crippen LogP contribution < -0.4 is 10.1 Å². The van der Waals surface area contributed by atoms with E-state index < -0.39 is 11.9 Å². The molecule has 1 aromatic heterocycles. The van der Waals surface area contributed by atoms with E-state index in [1.165, 1.54) is 25.4 Å². The SMILES string of the molecule is COc1ccc(NC(=O)c2ccccc2C(=O)O)cn1. The summed E-state index contributed by atoms with van der Waals surface area (Å²) in [6, 6.07) is 9.22. The van der Waals surface area contributed by atoms with Gasteiger partial charge in [0.2, 0.25) is 5.88 Å². The van der Waals surface area contributed by atoms with E-state index in [1.54, 1.807) is 24.3 Å². The number of amides is 1. The van der Waals surface area contributed by atoms with E-state index in [0.29, 0.717) is 11.6 Å². The van der Waals surface area contributed by atoms with E-state index in [1.807, 2.05) is 0 Å². The second-order valence-electron chi connectivity index (χ2n) is 3.89. The zero-order valence-corrected chi connectivity index (χ0v) is 10.7. The van der Waals surface area contributed by atoms with Gasteiger partial charge in [0.25, 0.3) is 5.91 Å². The summed E-state index contributed by atoms with van der Waals surface area (Å²) in [5, 5.41) is 11.6. The number of carboxylic acid groups (broad SMARTS) is 1. The Balaban J connectivity index is 2.21. The molecule has 0 aliphatic carbocycles. The second kappa shape index (κ2) is 5.83. The third kappa shape index (κ3) is 2.92. The number of anilines is 1. The molecule has 2 rings (SSSR count). The van der Waals surface area contributed by atoms with Gasteiger partial charge in [0.15, 0.2) is 0 Å². The molecule has 0 bridgehead atoms. The zero-order valence-electron chi connectivity index (χ0n) is 10.7. The van der Waals surface area contributed by atoms with Crippen molar-refractivity contribution in [2.45, 2.75) is 0 Å². The molecular weight excluding hydrogens is 260 g/mol. The molecule has 20 heavy (non-hydrogen) atoms. The van der Waals surface area contributed by atoms with Crippen molar-refractivity contribution in [2.24, 2.45) is 0 Å². The van der Waals surface area contributed by atoms with E-state index >= 15 is 0 Å². The summed E-state index contributed by atoms with van der Waals surface area (Å²) in [5.74, 6) is -1.23. The molecule has 1 amide bonds. The molecule has 0 fully saturated rings. The van der Waals surface area contributed by atoms with Crippen LogP contribution >= 0.6 is 0 Å². The molecule has 0 aliphatic heterocycles. The fourth-order valence-electron chi connectivity index (χ4n) is 1.64. The number of aromatic nitrogens is 1. The first kappa shape index (κ1) is 13.5. The van der Waals surface area contributed by atoms with E-state index in [4.69, 9.17) is 9.84 Å². The number of ether oxygens (including phenoxy) is 1. The van der Waals surface area contributed by atoms with Crippen LogP contribution in [0.3, 0.4) is 0 Å². The number of nitrogens with zero attached hydrogens (tertiary/aromatic N) is 1. The molecule has 0 atom stereocenters. The highest BCUT2D eigenvalue weighted by Crippen LogP contribution is 2.14. The van der Waals surface area contributed by atoms with Gasteiger partial charge in [0, 0.05) is 6.07 Å². The van der Waals surface area contributed by atoms with Crippen molar-refractivity contribution in [2.75, 3.05) is 12.4 Å². The maximum atomic E-state index is 12.1. The molecule has 1 heterocycles. The van der Waals surface area contributed by atoms with Crippen LogP contribution in [0.1, 0.15) is 20.7 Å². The Hall–Kier alpha value is -2.89. The minimum Gasteiger partial charge on any atom is -0.481 e. The van der Waals surface area contributed by atoms with Gasteiger partial charge >= 0.3 is 5.97 Å². The normalized spacial score (nSPS) is 9.85. The Kier molecular flexibility index (Phi) is 3.95. The van der Waals surface area contributed by atoms with Crippen LogP contribution in [0.15, 0.2) is 42.6 Å². The Morgan fingerprint density at radius 2 is 1.85 bits per heavy atom. The van der Waals surface area contributed by atoms with Gasteiger partial charge in [0.05, 0.1) is 30.1 Å². The van der Waals surface area contributed by atoms with E-state index in [0.717, 1.165) is 0 Å². The first-order chi connectivity index (χ1) is 9.61. The quantitative estimate of drug-likeness (QED) is 0.889. The molecule has 0 aliphatic rings. The van der Waals surface area contributed by atoms with Crippen molar-refractivity contribution in [3.63, 3.8) is 0 Å².